The van der Waals surface area contributed by atoms with E-state index in [0.717, 1.165) is 12.0 Å². The Balaban J connectivity index is 3.01. The molecule has 9 heavy (non-hydrogen) atoms. The largest absolute Gasteiger partial charge is 0.0620 e. The maximum Gasteiger partial charge on any atom is 0.0302 e. The quantitative estimate of drug-likeness (QED) is 0.529. The van der Waals surface area contributed by atoms with Gasteiger partial charge in [-0.15, -0.1) is 0 Å². The van der Waals surface area contributed by atoms with Crippen molar-refractivity contribution >= 4 is 0 Å². The Hall–Kier alpha value is -0.780. The molecule has 1 aromatic rings. The van der Waals surface area contributed by atoms with Crippen molar-refractivity contribution in [2.75, 3.05) is 0 Å². The van der Waals surface area contributed by atoms with Gasteiger partial charge in [0, 0.05) is 6.92 Å². The number of benzene rings is 1. The maximum absolute atomic E-state index is 7.37. The molecule has 0 heterocycles. The average Bonchev–Trinajstić information content (AvgIpc) is 1.89. The van der Waals surface area contributed by atoms with Crippen molar-refractivity contribution in [3.05, 3.63) is 42.3 Å². The van der Waals surface area contributed by atoms with Crippen LogP contribution in [0.15, 0.2) is 24.3 Å². The number of aryl methyl sites for hydroxylation is 1. The van der Waals surface area contributed by atoms with Gasteiger partial charge in [-0.1, -0.05) is 31.2 Å². The van der Waals surface area contributed by atoms with Crippen molar-refractivity contribution in [3.63, 3.8) is 0 Å². The lowest BCUT2D eigenvalue weighted by Gasteiger charge is -1.97. The Morgan fingerprint density at radius 3 is 2.44 bits per heavy atom. The molecule has 3 radical (unpaired) electrons. The van der Waals surface area contributed by atoms with E-state index in [2.05, 4.69) is 6.92 Å². The van der Waals surface area contributed by atoms with Crippen LogP contribution in [0.3, 0.4) is 0 Å². The minimum atomic E-state index is 0.653. The third kappa shape index (κ3) is 1.32. The second-order valence-electron chi connectivity index (χ2n) is 2.01. The van der Waals surface area contributed by atoms with Crippen LogP contribution in [0, 0.1) is 6.92 Å². The predicted molar refractivity (Wildman–Crippen MR) is 38.2 cm³/mol. The molecule has 0 fully saturated rings. The summed E-state index contributed by atoms with van der Waals surface area (Å²) in [5.74, 6) is 0. The molecule has 0 aliphatic carbocycles. The lowest BCUT2D eigenvalue weighted by atomic mass is 10.1. The fourth-order valence-electron chi connectivity index (χ4n) is 0.829. The van der Waals surface area contributed by atoms with Crippen molar-refractivity contribution in [2.45, 2.75) is 13.3 Å². The minimum absolute atomic E-state index is 0.653. The Kier molecular flexibility index (Phi) is 1.88. The van der Waals surface area contributed by atoms with Crippen LogP contribution in [-0.2, 0) is 6.42 Å². The molecule has 0 aromatic heterocycles. The number of rotatable bonds is 1. The van der Waals surface area contributed by atoms with Crippen LogP contribution in [0.25, 0.3) is 0 Å². The van der Waals surface area contributed by atoms with E-state index in [1.54, 1.807) is 0 Å². The smallest absolute Gasteiger partial charge is 0.0302 e. The van der Waals surface area contributed by atoms with E-state index in [9.17, 15) is 0 Å². The summed E-state index contributed by atoms with van der Waals surface area (Å²) in [5.41, 5.74) is 1.78. The molecule has 0 N–H and O–H groups in total. The van der Waals surface area contributed by atoms with Gasteiger partial charge in [0.1, 0.15) is 0 Å². The lowest BCUT2D eigenvalue weighted by molar-refractivity contribution is 1.13. The highest BCUT2D eigenvalue weighted by molar-refractivity contribution is 5.28. The van der Waals surface area contributed by atoms with Crippen molar-refractivity contribution in [3.8, 4) is 0 Å². The van der Waals surface area contributed by atoms with E-state index in [0.29, 0.717) is 5.56 Å². The fraction of sp³-hybridized carbons (Fsp3) is 0.222. The topological polar surface area (TPSA) is 0 Å². The molecule has 45 valence electrons. The monoisotopic (exact) mass is 117 g/mol. The first kappa shape index (κ1) is 6.34. The van der Waals surface area contributed by atoms with Gasteiger partial charge in [0.05, 0.1) is 0 Å². The Morgan fingerprint density at radius 2 is 2.00 bits per heavy atom. The van der Waals surface area contributed by atoms with E-state index in [1.807, 2.05) is 24.3 Å². The van der Waals surface area contributed by atoms with Crippen molar-refractivity contribution in [1.29, 1.82) is 0 Å². The molecule has 0 atom stereocenters. The molecule has 0 heteroatoms. The van der Waals surface area contributed by atoms with Crippen molar-refractivity contribution in [2.24, 2.45) is 0 Å². The highest BCUT2D eigenvalue weighted by Gasteiger charge is 1.90. The van der Waals surface area contributed by atoms with E-state index >= 15 is 0 Å². The van der Waals surface area contributed by atoms with E-state index < -0.39 is 0 Å². The molecule has 0 saturated carbocycles. The zero-order valence-electron chi connectivity index (χ0n) is 5.52. The van der Waals surface area contributed by atoms with Crippen LogP contribution in [0.2, 0.25) is 0 Å². The van der Waals surface area contributed by atoms with Crippen LogP contribution >= 0.6 is 0 Å². The Bertz CT molecular complexity index is 189. The molecular formula is C9H9. The maximum atomic E-state index is 7.37. The highest BCUT2D eigenvalue weighted by Crippen LogP contribution is 2.05. The lowest BCUT2D eigenvalue weighted by Crippen LogP contribution is -1.82. The van der Waals surface area contributed by atoms with Gasteiger partial charge in [0.2, 0.25) is 0 Å². The molecule has 0 unspecified atom stereocenters. The van der Waals surface area contributed by atoms with E-state index in [4.69, 9.17) is 6.92 Å². The molecule has 0 aliphatic heterocycles. The molecule has 1 rings (SSSR count). The van der Waals surface area contributed by atoms with Crippen LogP contribution in [0.1, 0.15) is 18.1 Å². The average molecular weight is 117 g/mol. The van der Waals surface area contributed by atoms with Gasteiger partial charge in [-0.25, -0.2) is 0 Å². The molecular weight excluding hydrogens is 108 g/mol. The summed E-state index contributed by atoms with van der Waals surface area (Å²) < 4.78 is 0. The van der Waals surface area contributed by atoms with Crippen LogP contribution < -0.4 is 0 Å². The summed E-state index contributed by atoms with van der Waals surface area (Å²) in [5, 5.41) is 0. The summed E-state index contributed by atoms with van der Waals surface area (Å²) in [6.07, 6.45) is 0.958. The van der Waals surface area contributed by atoms with E-state index in [1.165, 1.54) is 0 Å². The molecule has 1 aromatic carbocycles. The molecule has 0 aliphatic rings. The first-order valence-corrected chi connectivity index (χ1v) is 3.14. The first-order valence-electron chi connectivity index (χ1n) is 3.14. The van der Waals surface area contributed by atoms with Crippen molar-refractivity contribution < 1.29 is 0 Å². The van der Waals surface area contributed by atoms with Crippen LogP contribution in [0.5, 0.6) is 0 Å². The van der Waals surface area contributed by atoms with Gasteiger partial charge in [0.15, 0.2) is 0 Å². The van der Waals surface area contributed by atoms with E-state index in [-0.39, 0.29) is 0 Å². The van der Waals surface area contributed by atoms with Gasteiger partial charge in [-0.3, -0.25) is 0 Å². The zero-order valence-corrected chi connectivity index (χ0v) is 5.52. The third-order valence-corrected chi connectivity index (χ3v) is 1.40. The van der Waals surface area contributed by atoms with Gasteiger partial charge >= 0.3 is 0 Å². The van der Waals surface area contributed by atoms with Crippen LogP contribution in [-0.4, -0.2) is 0 Å². The van der Waals surface area contributed by atoms with Crippen molar-refractivity contribution in [1.82, 2.24) is 0 Å². The summed E-state index contributed by atoms with van der Waals surface area (Å²) >= 11 is 0. The second-order valence-corrected chi connectivity index (χ2v) is 2.01. The highest BCUT2D eigenvalue weighted by atomic mass is 13.9. The summed E-state index contributed by atoms with van der Waals surface area (Å²) in [6.45, 7) is 9.43. The first-order chi connectivity index (χ1) is 4.34. The van der Waals surface area contributed by atoms with Crippen LogP contribution in [0.4, 0.5) is 0 Å². The molecule has 0 nitrogen and oxygen atoms in total. The molecule has 0 bridgehead atoms. The van der Waals surface area contributed by atoms with Gasteiger partial charge in [0.25, 0.3) is 0 Å². The van der Waals surface area contributed by atoms with Gasteiger partial charge < -0.3 is 0 Å². The predicted octanol–water partition coefficient (Wildman–Crippen LogP) is 2.19. The molecule has 0 saturated heterocycles. The summed E-state index contributed by atoms with van der Waals surface area (Å²) in [6, 6.07) is 7.67. The molecule has 0 spiro atoms. The Morgan fingerprint density at radius 1 is 1.33 bits per heavy atom. The zero-order chi connectivity index (χ0) is 6.69. The second kappa shape index (κ2) is 2.67. The number of hydrogen-bond donors (Lipinski definition) is 0. The van der Waals surface area contributed by atoms with Gasteiger partial charge in [-0.2, -0.15) is 0 Å². The fourth-order valence-corrected chi connectivity index (χ4v) is 0.829. The normalized spacial score (nSPS) is 9.56. The Labute approximate surface area is 56.5 Å². The number of hydrogen-bond acceptors (Lipinski definition) is 0. The van der Waals surface area contributed by atoms with Gasteiger partial charge in [-0.05, 0) is 17.5 Å². The standard InChI is InChI=1S/C9H9/c1-3-9-7-5-4-6-8(9)2/h4-7H,3H2,1H3. The summed E-state index contributed by atoms with van der Waals surface area (Å²) in [7, 11) is 0. The summed E-state index contributed by atoms with van der Waals surface area (Å²) in [4.78, 5) is 0. The molecule has 0 amide bonds. The minimum Gasteiger partial charge on any atom is -0.0620 e. The SMILES string of the molecule is [C]c1ccccc1CC. The third-order valence-electron chi connectivity index (χ3n) is 1.40.